The van der Waals surface area contributed by atoms with Crippen molar-refractivity contribution in [3.63, 3.8) is 0 Å². The maximum absolute atomic E-state index is 11.1. The number of aromatic nitrogens is 3. The van der Waals surface area contributed by atoms with Crippen LogP contribution in [0.15, 0.2) is 30.6 Å². The van der Waals surface area contributed by atoms with E-state index in [0.29, 0.717) is 16.8 Å². The summed E-state index contributed by atoms with van der Waals surface area (Å²) < 4.78 is 2.31. The second-order valence-corrected chi connectivity index (χ2v) is 8.40. The van der Waals surface area contributed by atoms with Gasteiger partial charge < -0.3 is 20.7 Å². The molecule has 3 aromatic rings. The van der Waals surface area contributed by atoms with Crippen LogP contribution in [0.25, 0.3) is 22.2 Å². The summed E-state index contributed by atoms with van der Waals surface area (Å²) in [5, 5.41) is 16.1. The molecule has 6 nitrogen and oxygen atoms in total. The Morgan fingerprint density at radius 2 is 2.11 bits per heavy atom. The number of nitrogens with two attached hydrogens (primary N) is 1. The molecule has 1 aliphatic carbocycles. The smallest absolute Gasteiger partial charge is 0.220 e. The van der Waals surface area contributed by atoms with E-state index in [1.54, 1.807) is 6.20 Å². The summed E-state index contributed by atoms with van der Waals surface area (Å²) >= 11 is 6.44. The average molecular weight is 398 g/mol. The van der Waals surface area contributed by atoms with E-state index in [-0.39, 0.29) is 5.95 Å². The quantitative estimate of drug-likeness (QED) is 0.628. The topological polar surface area (TPSA) is 89.0 Å². The molecule has 1 aliphatic heterocycles. The van der Waals surface area contributed by atoms with Crippen LogP contribution in [0.3, 0.4) is 0 Å². The molecule has 146 valence electrons. The first-order chi connectivity index (χ1) is 13.5. The number of nitrogen functional groups attached to an aromatic ring is 1. The molecule has 2 aromatic heterocycles. The predicted octanol–water partition coefficient (Wildman–Crippen LogP) is 3.63. The van der Waals surface area contributed by atoms with E-state index in [1.807, 2.05) is 0 Å². The first-order valence-electron chi connectivity index (χ1n) is 9.92. The fourth-order valence-electron chi connectivity index (χ4n) is 4.73. The van der Waals surface area contributed by atoms with Crippen molar-refractivity contribution in [1.82, 2.24) is 19.9 Å². The SMILES string of the molecule is Nc1ncc(Cl)c(-c2cn(C3CCNC3)c3ccc(C4(O)CCCC4)cc23)n1. The van der Waals surface area contributed by atoms with Crippen molar-refractivity contribution >= 4 is 28.5 Å². The molecule has 1 saturated carbocycles. The third kappa shape index (κ3) is 2.87. The van der Waals surface area contributed by atoms with Crippen molar-refractivity contribution in [3.05, 3.63) is 41.2 Å². The lowest BCUT2D eigenvalue weighted by Crippen LogP contribution is -2.20. The summed E-state index contributed by atoms with van der Waals surface area (Å²) in [7, 11) is 0. The number of nitrogens with one attached hydrogen (secondary N) is 1. The molecule has 4 N–H and O–H groups in total. The molecule has 3 heterocycles. The van der Waals surface area contributed by atoms with Gasteiger partial charge >= 0.3 is 0 Å². The fourth-order valence-corrected chi connectivity index (χ4v) is 4.92. The molecule has 1 atom stereocenters. The van der Waals surface area contributed by atoms with E-state index in [2.05, 4.69) is 44.2 Å². The predicted molar refractivity (Wildman–Crippen MR) is 111 cm³/mol. The number of benzene rings is 1. The Kier molecular flexibility index (Phi) is 4.30. The standard InChI is InChI=1S/C21H24ClN5O/c22-17-11-25-20(23)26-19(17)16-12-27(14-5-8-24-10-14)18-4-3-13(9-15(16)18)21(28)6-1-2-7-21/h3-4,9,11-12,14,24,28H,1-2,5-8,10H2,(H2,23,25,26). The number of aliphatic hydroxyl groups is 1. The minimum Gasteiger partial charge on any atom is -0.385 e. The molecule has 0 bridgehead atoms. The Balaban J connectivity index is 1.73. The number of anilines is 1. The third-order valence-corrected chi connectivity index (χ3v) is 6.52. The Hall–Kier alpha value is -2.15. The Labute approximate surface area is 168 Å². The first kappa shape index (κ1) is 17.9. The van der Waals surface area contributed by atoms with Crippen LogP contribution in [0.1, 0.15) is 43.7 Å². The highest BCUT2D eigenvalue weighted by Crippen LogP contribution is 2.42. The Morgan fingerprint density at radius 3 is 2.86 bits per heavy atom. The highest BCUT2D eigenvalue weighted by Gasteiger charge is 2.33. The molecule has 0 amide bonds. The van der Waals surface area contributed by atoms with Gasteiger partial charge in [0.05, 0.1) is 22.5 Å². The molecule has 1 unspecified atom stereocenters. The van der Waals surface area contributed by atoms with Crippen molar-refractivity contribution in [3.8, 4) is 11.3 Å². The second kappa shape index (κ2) is 6.72. The largest absolute Gasteiger partial charge is 0.385 e. The summed E-state index contributed by atoms with van der Waals surface area (Å²) in [5.41, 5.74) is 8.78. The van der Waals surface area contributed by atoms with E-state index in [0.717, 1.165) is 67.2 Å². The fraction of sp³-hybridized carbons (Fsp3) is 0.429. The number of fused-ring (bicyclic) bond motifs is 1. The maximum atomic E-state index is 11.1. The van der Waals surface area contributed by atoms with Gasteiger partial charge in [0.15, 0.2) is 0 Å². The highest BCUT2D eigenvalue weighted by molar-refractivity contribution is 6.33. The van der Waals surface area contributed by atoms with E-state index >= 15 is 0 Å². The summed E-state index contributed by atoms with van der Waals surface area (Å²) in [6.45, 7) is 1.95. The molecule has 0 radical (unpaired) electrons. The van der Waals surface area contributed by atoms with E-state index in [4.69, 9.17) is 17.3 Å². The lowest BCUT2D eigenvalue weighted by atomic mass is 9.91. The number of hydrogen-bond acceptors (Lipinski definition) is 5. The average Bonchev–Trinajstić information content (AvgIpc) is 3.43. The molecule has 1 aromatic carbocycles. The zero-order valence-corrected chi connectivity index (χ0v) is 16.4. The van der Waals surface area contributed by atoms with Crippen LogP contribution in [0.5, 0.6) is 0 Å². The minimum absolute atomic E-state index is 0.202. The molecule has 28 heavy (non-hydrogen) atoms. The van der Waals surface area contributed by atoms with E-state index < -0.39 is 5.60 Å². The highest BCUT2D eigenvalue weighted by atomic mass is 35.5. The molecular weight excluding hydrogens is 374 g/mol. The van der Waals surface area contributed by atoms with Crippen LogP contribution in [0.2, 0.25) is 5.02 Å². The van der Waals surface area contributed by atoms with E-state index in [9.17, 15) is 5.11 Å². The lowest BCUT2D eigenvalue weighted by Gasteiger charge is -2.23. The number of hydrogen-bond donors (Lipinski definition) is 3. The number of halogens is 1. The summed E-state index contributed by atoms with van der Waals surface area (Å²) in [6, 6.07) is 6.70. The van der Waals surface area contributed by atoms with Crippen molar-refractivity contribution in [2.45, 2.75) is 43.7 Å². The van der Waals surface area contributed by atoms with Crippen LogP contribution in [0.4, 0.5) is 5.95 Å². The van der Waals surface area contributed by atoms with Crippen molar-refractivity contribution < 1.29 is 5.11 Å². The van der Waals surface area contributed by atoms with Gasteiger partial charge in [-0.05, 0) is 43.5 Å². The third-order valence-electron chi connectivity index (χ3n) is 6.25. The molecule has 2 fully saturated rings. The molecular formula is C21H24ClN5O. The zero-order chi connectivity index (χ0) is 19.3. The second-order valence-electron chi connectivity index (χ2n) is 7.99. The number of nitrogens with zero attached hydrogens (tertiary/aromatic N) is 3. The van der Waals surface area contributed by atoms with Gasteiger partial charge in [0, 0.05) is 35.2 Å². The van der Waals surface area contributed by atoms with Gasteiger partial charge in [0.2, 0.25) is 5.95 Å². The first-order valence-corrected chi connectivity index (χ1v) is 10.3. The normalized spacial score (nSPS) is 21.6. The van der Waals surface area contributed by atoms with Gasteiger partial charge in [-0.25, -0.2) is 9.97 Å². The zero-order valence-electron chi connectivity index (χ0n) is 15.7. The Bertz CT molecular complexity index is 1030. The van der Waals surface area contributed by atoms with Crippen LogP contribution in [-0.4, -0.2) is 32.7 Å². The van der Waals surface area contributed by atoms with Crippen LogP contribution >= 0.6 is 11.6 Å². The van der Waals surface area contributed by atoms with Gasteiger partial charge in [0.1, 0.15) is 0 Å². The molecule has 7 heteroatoms. The molecule has 0 spiro atoms. The molecule has 2 aliphatic rings. The lowest BCUT2D eigenvalue weighted by molar-refractivity contribution is 0.0446. The Morgan fingerprint density at radius 1 is 1.29 bits per heavy atom. The monoisotopic (exact) mass is 397 g/mol. The summed E-state index contributed by atoms with van der Waals surface area (Å²) in [4.78, 5) is 8.42. The molecule has 1 saturated heterocycles. The van der Waals surface area contributed by atoms with Crippen molar-refractivity contribution in [1.29, 1.82) is 0 Å². The minimum atomic E-state index is -0.739. The van der Waals surface area contributed by atoms with Gasteiger partial charge in [-0.3, -0.25) is 0 Å². The van der Waals surface area contributed by atoms with Gasteiger partial charge in [-0.1, -0.05) is 30.5 Å². The van der Waals surface area contributed by atoms with Crippen LogP contribution in [0, 0.1) is 0 Å². The van der Waals surface area contributed by atoms with Crippen LogP contribution < -0.4 is 11.1 Å². The van der Waals surface area contributed by atoms with Crippen molar-refractivity contribution in [2.24, 2.45) is 0 Å². The summed E-state index contributed by atoms with van der Waals surface area (Å²) in [5.74, 6) is 0.202. The van der Waals surface area contributed by atoms with Gasteiger partial charge in [0.25, 0.3) is 0 Å². The summed E-state index contributed by atoms with van der Waals surface area (Å²) in [6.07, 6.45) is 8.49. The molecule has 5 rings (SSSR count). The maximum Gasteiger partial charge on any atom is 0.220 e. The van der Waals surface area contributed by atoms with Crippen LogP contribution in [-0.2, 0) is 5.60 Å². The number of rotatable bonds is 3. The van der Waals surface area contributed by atoms with Gasteiger partial charge in [-0.15, -0.1) is 0 Å². The van der Waals surface area contributed by atoms with Gasteiger partial charge in [-0.2, -0.15) is 0 Å². The van der Waals surface area contributed by atoms with Crippen molar-refractivity contribution in [2.75, 3.05) is 18.8 Å². The van der Waals surface area contributed by atoms with E-state index in [1.165, 1.54) is 0 Å².